The molecular formula is C16H15F5. The molecule has 0 radical (unpaired) electrons. The molecule has 21 heavy (non-hydrogen) atoms. The summed E-state index contributed by atoms with van der Waals surface area (Å²) >= 11 is 0. The van der Waals surface area contributed by atoms with E-state index in [1.165, 1.54) is 0 Å². The summed E-state index contributed by atoms with van der Waals surface area (Å²) in [6.07, 6.45) is 1.52. The highest BCUT2D eigenvalue weighted by Gasteiger charge is 2.35. The quantitative estimate of drug-likeness (QED) is 0.399. The molecule has 1 aromatic carbocycles. The number of halogens is 5. The maximum absolute atomic E-state index is 13.8. The van der Waals surface area contributed by atoms with Crippen molar-refractivity contribution in [3.63, 3.8) is 0 Å². The average molecular weight is 302 g/mol. The van der Waals surface area contributed by atoms with Crippen molar-refractivity contribution in [3.8, 4) is 0 Å². The molecule has 0 amide bonds. The van der Waals surface area contributed by atoms with Crippen LogP contribution >= 0.6 is 0 Å². The van der Waals surface area contributed by atoms with Crippen LogP contribution in [0.25, 0.3) is 0 Å². The standard InChI is InChI=1S/C16H15F5/c1-7-5-16(4,9(3)8(7)2)6-10-11(17)13(19)15(21)14(20)12(10)18/h5H,6H2,1-4H3. The minimum absolute atomic E-state index is 0.278. The van der Waals surface area contributed by atoms with Crippen molar-refractivity contribution >= 4 is 0 Å². The lowest BCUT2D eigenvalue weighted by Crippen LogP contribution is -2.20. The number of rotatable bonds is 2. The molecule has 1 aliphatic carbocycles. The largest absolute Gasteiger partial charge is 0.203 e. The monoisotopic (exact) mass is 302 g/mol. The van der Waals surface area contributed by atoms with Gasteiger partial charge in [0.2, 0.25) is 5.82 Å². The Balaban J connectivity index is 2.57. The summed E-state index contributed by atoms with van der Waals surface area (Å²) in [4.78, 5) is 0. The van der Waals surface area contributed by atoms with E-state index >= 15 is 0 Å². The van der Waals surface area contributed by atoms with Gasteiger partial charge >= 0.3 is 0 Å². The molecule has 0 saturated carbocycles. The molecule has 5 heteroatoms. The van der Waals surface area contributed by atoms with Crippen LogP contribution in [0.2, 0.25) is 0 Å². The summed E-state index contributed by atoms with van der Waals surface area (Å²) in [7, 11) is 0. The molecule has 1 aromatic rings. The average Bonchev–Trinajstić information content (AvgIpc) is 2.63. The van der Waals surface area contributed by atoms with Crippen molar-refractivity contribution in [2.45, 2.75) is 34.1 Å². The topological polar surface area (TPSA) is 0 Å². The van der Waals surface area contributed by atoms with Gasteiger partial charge in [0.1, 0.15) is 0 Å². The highest BCUT2D eigenvalue weighted by Crippen LogP contribution is 2.44. The molecule has 0 aliphatic heterocycles. The third kappa shape index (κ3) is 2.28. The molecule has 0 spiro atoms. The summed E-state index contributed by atoms with van der Waals surface area (Å²) in [5.74, 6) is -9.43. The fraction of sp³-hybridized carbons (Fsp3) is 0.375. The van der Waals surface area contributed by atoms with E-state index in [-0.39, 0.29) is 6.42 Å². The van der Waals surface area contributed by atoms with E-state index in [4.69, 9.17) is 0 Å². The van der Waals surface area contributed by atoms with Crippen LogP contribution < -0.4 is 0 Å². The number of hydrogen-bond acceptors (Lipinski definition) is 0. The van der Waals surface area contributed by atoms with Gasteiger partial charge in [-0.15, -0.1) is 0 Å². The molecule has 114 valence electrons. The third-order valence-electron chi connectivity index (χ3n) is 4.39. The predicted molar refractivity (Wildman–Crippen MR) is 70.2 cm³/mol. The van der Waals surface area contributed by atoms with Crippen molar-refractivity contribution < 1.29 is 22.0 Å². The molecule has 0 N–H and O–H groups in total. The van der Waals surface area contributed by atoms with Crippen LogP contribution in [0, 0.1) is 34.5 Å². The van der Waals surface area contributed by atoms with E-state index < -0.39 is 40.1 Å². The SMILES string of the molecule is CC1=CC(C)(Cc2c(F)c(F)c(F)c(F)c2F)C(C)=C1C. The zero-order valence-corrected chi connectivity index (χ0v) is 12.2. The normalized spacial score (nSPS) is 22.0. The Morgan fingerprint density at radius 1 is 0.810 bits per heavy atom. The second-order valence-corrected chi connectivity index (χ2v) is 5.72. The van der Waals surface area contributed by atoms with Gasteiger partial charge in [0.05, 0.1) is 0 Å². The third-order valence-corrected chi connectivity index (χ3v) is 4.39. The van der Waals surface area contributed by atoms with Gasteiger partial charge in [0.25, 0.3) is 0 Å². The summed E-state index contributed by atoms with van der Waals surface area (Å²) in [5.41, 5.74) is 1.25. The summed E-state index contributed by atoms with van der Waals surface area (Å²) in [6, 6.07) is 0. The fourth-order valence-electron chi connectivity index (χ4n) is 2.77. The zero-order valence-electron chi connectivity index (χ0n) is 12.2. The highest BCUT2D eigenvalue weighted by molar-refractivity contribution is 5.46. The number of hydrogen-bond donors (Lipinski definition) is 0. The number of allylic oxidation sites excluding steroid dienone is 4. The number of benzene rings is 1. The zero-order chi connectivity index (χ0) is 16.1. The second kappa shape index (κ2) is 4.97. The van der Waals surface area contributed by atoms with Crippen molar-refractivity contribution in [1.29, 1.82) is 0 Å². The molecule has 0 nitrogen and oxygen atoms in total. The Morgan fingerprint density at radius 3 is 1.62 bits per heavy atom. The Morgan fingerprint density at radius 2 is 1.24 bits per heavy atom. The van der Waals surface area contributed by atoms with Gasteiger partial charge in [0, 0.05) is 11.0 Å². The van der Waals surface area contributed by atoms with Crippen LogP contribution in [0.1, 0.15) is 33.3 Å². The molecule has 1 unspecified atom stereocenters. The fourth-order valence-corrected chi connectivity index (χ4v) is 2.77. The molecule has 2 rings (SSSR count). The minimum atomic E-state index is -2.12. The van der Waals surface area contributed by atoms with Crippen LogP contribution in [0.15, 0.2) is 22.8 Å². The van der Waals surface area contributed by atoms with Gasteiger partial charge in [0.15, 0.2) is 23.3 Å². The summed E-state index contributed by atoms with van der Waals surface area (Å²) in [5, 5.41) is 0. The first kappa shape index (κ1) is 15.7. The molecule has 0 aromatic heterocycles. The molecule has 0 saturated heterocycles. The maximum atomic E-state index is 13.8. The van der Waals surface area contributed by atoms with Gasteiger partial charge in [-0.05, 0) is 32.8 Å². The van der Waals surface area contributed by atoms with E-state index in [0.29, 0.717) is 0 Å². The van der Waals surface area contributed by atoms with Crippen LogP contribution in [0.3, 0.4) is 0 Å². The lowest BCUT2D eigenvalue weighted by molar-refractivity contribution is 0.360. The van der Waals surface area contributed by atoms with Gasteiger partial charge < -0.3 is 0 Å². The van der Waals surface area contributed by atoms with Crippen molar-refractivity contribution in [1.82, 2.24) is 0 Å². The van der Waals surface area contributed by atoms with Crippen LogP contribution in [-0.4, -0.2) is 0 Å². The van der Waals surface area contributed by atoms with E-state index in [9.17, 15) is 22.0 Å². The summed E-state index contributed by atoms with van der Waals surface area (Å²) < 4.78 is 67.2. The van der Waals surface area contributed by atoms with Gasteiger partial charge in [-0.1, -0.05) is 24.1 Å². The van der Waals surface area contributed by atoms with Crippen LogP contribution in [0.4, 0.5) is 22.0 Å². The first-order valence-corrected chi connectivity index (χ1v) is 6.48. The van der Waals surface area contributed by atoms with Crippen molar-refractivity contribution in [2.24, 2.45) is 5.41 Å². The van der Waals surface area contributed by atoms with Crippen LogP contribution in [0.5, 0.6) is 0 Å². The summed E-state index contributed by atoms with van der Waals surface area (Å²) in [6.45, 7) is 7.24. The van der Waals surface area contributed by atoms with Crippen molar-refractivity contribution in [2.75, 3.05) is 0 Å². The molecule has 0 bridgehead atoms. The minimum Gasteiger partial charge on any atom is -0.203 e. The molecule has 1 aliphatic rings. The Labute approximate surface area is 120 Å². The van der Waals surface area contributed by atoms with E-state index in [1.807, 2.05) is 13.8 Å². The highest BCUT2D eigenvalue weighted by atomic mass is 19.2. The Hall–Kier alpha value is -1.65. The maximum Gasteiger partial charge on any atom is 0.200 e. The van der Waals surface area contributed by atoms with Crippen molar-refractivity contribution in [3.05, 3.63) is 57.4 Å². The molecule has 0 fully saturated rings. The predicted octanol–water partition coefficient (Wildman–Crippen LogP) is 5.23. The van der Waals surface area contributed by atoms with Gasteiger partial charge in [-0.2, -0.15) is 0 Å². The molecule has 1 atom stereocenters. The first-order valence-electron chi connectivity index (χ1n) is 6.48. The lowest BCUT2D eigenvalue weighted by atomic mass is 9.79. The molecule has 0 heterocycles. The Kier molecular flexibility index (Phi) is 3.72. The first-order chi connectivity index (χ1) is 9.60. The van der Waals surface area contributed by atoms with Gasteiger partial charge in [-0.3, -0.25) is 0 Å². The lowest BCUT2D eigenvalue weighted by Gasteiger charge is -2.25. The second-order valence-electron chi connectivity index (χ2n) is 5.72. The van der Waals surface area contributed by atoms with E-state index in [1.54, 1.807) is 19.9 Å². The molecular weight excluding hydrogens is 287 g/mol. The van der Waals surface area contributed by atoms with Crippen LogP contribution in [-0.2, 0) is 6.42 Å². The Bertz CT molecular complexity index is 655. The van der Waals surface area contributed by atoms with E-state index in [0.717, 1.165) is 16.7 Å². The van der Waals surface area contributed by atoms with Gasteiger partial charge in [-0.25, -0.2) is 22.0 Å². The van der Waals surface area contributed by atoms with E-state index in [2.05, 4.69) is 0 Å². The smallest absolute Gasteiger partial charge is 0.200 e.